The lowest BCUT2D eigenvalue weighted by atomic mass is 10.1. The van der Waals surface area contributed by atoms with Crippen LogP contribution in [0.1, 0.15) is 21.5 Å². The van der Waals surface area contributed by atoms with Crippen LogP contribution in [0.5, 0.6) is 0 Å². The molecule has 1 fully saturated rings. The smallest absolute Gasteiger partial charge is 0.404 e. The largest absolute Gasteiger partial charge is 0.465 e. The van der Waals surface area contributed by atoms with E-state index in [1.165, 1.54) is 4.90 Å². The summed E-state index contributed by atoms with van der Waals surface area (Å²) in [5, 5.41) is 24.0. The van der Waals surface area contributed by atoms with Crippen LogP contribution < -0.4 is 15.5 Å². The Kier molecular flexibility index (Phi) is 6.48. The van der Waals surface area contributed by atoms with E-state index in [0.717, 1.165) is 5.56 Å². The summed E-state index contributed by atoms with van der Waals surface area (Å²) < 4.78 is 5.43. The van der Waals surface area contributed by atoms with Gasteiger partial charge in [-0.05, 0) is 41.5 Å². The predicted molar refractivity (Wildman–Crippen MR) is 120 cm³/mol. The number of aliphatic hydroxyl groups excluding tert-OH is 1. The summed E-state index contributed by atoms with van der Waals surface area (Å²) in [6.07, 6.45) is -4.27. The number of aliphatic hydroxyl groups is 1. The predicted octanol–water partition coefficient (Wildman–Crippen LogP) is 0.771. The van der Waals surface area contributed by atoms with E-state index in [-0.39, 0.29) is 25.6 Å². The van der Waals surface area contributed by atoms with Gasteiger partial charge in [0.25, 0.3) is 17.7 Å². The molecule has 2 aliphatic heterocycles. The van der Waals surface area contributed by atoms with Crippen molar-refractivity contribution in [2.75, 3.05) is 30.4 Å². The minimum absolute atomic E-state index is 0.0778. The molecule has 2 aromatic rings. The second-order valence-corrected chi connectivity index (χ2v) is 8.07. The summed E-state index contributed by atoms with van der Waals surface area (Å²) in [4.78, 5) is 51.3. The summed E-state index contributed by atoms with van der Waals surface area (Å²) in [6.45, 7) is 0.930. The van der Waals surface area contributed by atoms with Gasteiger partial charge in [0.2, 0.25) is 0 Å². The van der Waals surface area contributed by atoms with E-state index < -0.39 is 30.1 Å². The third kappa shape index (κ3) is 4.70. The number of nitrogens with one attached hydrogen (secondary N) is 2. The van der Waals surface area contributed by atoms with Crippen molar-refractivity contribution < 1.29 is 34.1 Å². The fourth-order valence-corrected chi connectivity index (χ4v) is 3.95. The lowest BCUT2D eigenvalue weighted by Crippen LogP contribution is -2.55. The van der Waals surface area contributed by atoms with Gasteiger partial charge in [0.05, 0.1) is 6.61 Å². The zero-order valence-corrected chi connectivity index (χ0v) is 18.4. The first kappa shape index (κ1) is 23.2. The molecule has 0 spiro atoms. The van der Waals surface area contributed by atoms with Crippen molar-refractivity contribution in [3.05, 3.63) is 59.2 Å². The highest BCUT2D eigenvalue weighted by atomic mass is 16.5. The van der Waals surface area contributed by atoms with Crippen LogP contribution in [-0.4, -0.2) is 71.3 Å². The number of hydrogen-bond acceptors (Lipinski definition) is 6. The Morgan fingerprint density at radius 1 is 1.18 bits per heavy atom. The number of amides is 4. The molecular formula is C23H24N4O7. The van der Waals surface area contributed by atoms with Crippen LogP contribution in [0.3, 0.4) is 0 Å². The number of carbonyl (C=O) groups is 4. The summed E-state index contributed by atoms with van der Waals surface area (Å²) in [7, 11) is 1.70. The molecular weight excluding hydrogens is 444 g/mol. The second kappa shape index (κ2) is 9.49. The quantitative estimate of drug-likeness (QED) is 0.489. The number of morpholine rings is 1. The van der Waals surface area contributed by atoms with Crippen molar-refractivity contribution in [2.45, 2.75) is 25.3 Å². The van der Waals surface area contributed by atoms with Gasteiger partial charge in [0.1, 0.15) is 0 Å². The Morgan fingerprint density at radius 3 is 2.62 bits per heavy atom. The lowest BCUT2D eigenvalue weighted by Gasteiger charge is -2.34. The number of carboxylic acid groups (broad SMARTS) is 1. The van der Waals surface area contributed by atoms with Crippen LogP contribution in [0.25, 0.3) is 0 Å². The number of nitrogens with zero attached hydrogens (tertiary/aromatic N) is 2. The molecule has 2 aliphatic rings. The minimum Gasteiger partial charge on any atom is -0.465 e. The molecule has 2 atom stereocenters. The molecule has 2 unspecified atom stereocenters. The van der Waals surface area contributed by atoms with Gasteiger partial charge in [-0.25, -0.2) is 4.79 Å². The number of fused-ring (bicyclic) bond motifs is 1. The molecule has 1 saturated heterocycles. The number of ether oxygens (including phenoxy) is 1. The van der Waals surface area contributed by atoms with Gasteiger partial charge >= 0.3 is 6.09 Å². The van der Waals surface area contributed by atoms with Crippen LogP contribution in [0, 0.1) is 0 Å². The summed E-state index contributed by atoms with van der Waals surface area (Å²) in [5.41, 5.74) is 3.02. The van der Waals surface area contributed by atoms with E-state index in [0.29, 0.717) is 29.0 Å². The fraction of sp³-hybridized carbons (Fsp3) is 0.304. The Hall–Kier alpha value is -3.96. The minimum atomic E-state index is -1.74. The first-order chi connectivity index (χ1) is 16.2. The van der Waals surface area contributed by atoms with Crippen molar-refractivity contribution >= 4 is 35.2 Å². The molecule has 4 amide bonds. The lowest BCUT2D eigenvalue weighted by molar-refractivity contribution is -0.150. The van der Waals surface area contributed by atoms with Crippen molar-refractivity contribution in [3.8, 4) is 0 Å². The van der Waals surface area contributed by atoms with Crippen molar-refractivity contribution in [2.24, 2.45) is 0 Å². The van der Waals surface area contributed by atoms with E-state index in [4.69, 9.17) is 9.84 Å². The zero-order valence-electron chi connectivity index (χ0n) is 18.4. The van der Waals surface area contributed by atoms with Crippen LogP contribution >= 0.6 is 0 Å². The number of hydrogen-bond donors (Lipinski definition) is 4. The van der Waals surface area contributed by atoms with Crippen molar-refractivity contribution in [1.29, 1.82) is 0 Å². The Morgan fingerprint density at radius 2 is 1.91 bits per heavy atom. The Balaban J connectivity index is 1.41. The van der Waals surface area contributed by atoms with E-state index in [9.17, 15) is 24.3 Å². The second-order valence-electron chi connectivity index (χ2n) is 8.07. The van der Waals surface area contributed by atoms with Crippen LogP contribution in [-0.2, 0) is 27.4 Å². The number of anilines is 2. The van der Waals surface area contributed by atoms with Gasteiger partial charge in [0.15, 0.2) is 12.2 Å². The maximum atomic E-state index is 13.1. The van der Waals surface area contributed by atoms with Crippen LogP contribution in [0.4, 0.5) is 16.2 Å². The molecule has 178 valence electrons. The van der Waals surface area contributed by atoms with Crippen LogP contribution in [0.15, 0.2) is 42.5 Å². The molecule has 0 radical (unpaired) electrons. The summed E-state index contributed by atoms with van der Waals surface area (Å²) >= 11 is 0. The molecule has 34 heavy (non-hydrogen) atoms. The summed E-state index contributed by atoms with van der Waals surface area (Å²) in [6, 6.07) is 11.5. The number of carbonyl (C=O) groups excluding carboxylic acids is 3. The number of rotatable bonds is 6. The highest BCUT2D eigenvalue weighted by molar-refractivity contribution is 6.04. The summed E-state index contributed by atoms with van der Waals surface area (Å²) in [5.74, 6) is -1.44. The Labute approximate surface area is 194 Å². The first-order valence-corrected chi connectivity index (χ1v) is 10.6. The van der Waals surface area contributed by atoms with E-state index >= 15 is 0 Å². The number of benzene rings is 2. The van der Waals surface area contributed by atoms with Gasteiger partial charge < -0.3 is 35.4 Å². The van der Waals surface area contributed by atoms with Gasteiger partial charge in [-0.15, -0.1) is 0 Å². The highest BCUT2D eigenvalue weighted by Crippen LogP contribution is 2.28. The zero-order chi connectivity index (χ0) is 24.4. The van der Waals surface area contributed by atoms with E-state index in [1.807, 2.05) is 0 Å². The van der Waals surface area contributed by atoms with Gasteiger partial charge in [0, 0.05) is 43.6 Å². The van der Waals surface area contributed by atoms with E-state index in [1.54, 1.807) is 54.4 Å². The standard InChI is InChI=1S/C23H24N4O7/c1-26-12-14-10-16(6-7-17(14)21(26)30)27-8-9-34-19(22(27)31)18(28)20(29)25-15-4-2-13(3-5-15)11-24-23(32)33/h2-7,10,18-19,24,28H,8-9,11-12H2,1H3,(H,25,29)(H,32,33). The molecule has 4 rings (SSSR count). The first-order valence-electron chi connectivity index (χ1n) is 10.6. The normalized spacial score (nSPS) is 18.5. The average molecular weight is 468 g/mol. The molecule has 2 aromatic carbocycles. The maximum absolute atomic E-state index is 13.1. The van der Waals surface area contributed by atoms with Crippen molar-refractivity contribution in [1.82, 2.24) is 10.2 Å². The van der Waals surface area contributed by atoms with Gasteiger partial charge in [-0.3, -0.25) is 14.4 Å². The average Bonchev–Trinajstić information content (AvgIpc) is 3.11. The fourth-order valence-electron chi connectivity index (χ4n) is 3.95. The molecule has 2 heterocycles. The third-order valence-electron chi connectivity index (χ3n) is 5.73. The van der Waals surface area contributed by atoms with Crippen molar-refractivity contribution in [3.63, 3.8) is 0 Å². The molecule has 0 saturated carbocycles. The van der Waals surface area contributed by atoms with Gasteiger partial charge in [-0.1, -0.05) is 12.1 Å². The molecule has 0 bridgehead atoms. The molecule has 4 N–H and O–H groups in total. The van der Waals surface area contributed by atoms with Gasteiger partial charge in [-0.2, -0.15) is 0 Å². The monoisotopic (exact) mass is 468 g/mol. The topological polar surface area (TPSA) is 149 Å². The maximum Gasteiger partial charge on any atom is 0.404 e. The molecule has 0 aromatic heterocycles. The van der Waals surface area contributed by atoms with E-state index in [2.05, 4.69) is 10.6 Å². The highest BCUT2D eigenvalue weighted by Gasteiger charge is 2.39. The van der Waals surface area contributed by atoms with Crippen LogP contribution in [0.2, 0.25) is 0 Å². The molecule has 11 nitrogen and oxygen atoms in total. The molecule has 0 aliphatic carbocycles. The molecule has 11 heteroatoms. The third-order valence-corrected chi connectivity index (χ3v) is 5.73. The Bertz CT molecular complexity index is 1130. The SMILES string of the molecule is CN1Cc2cc(N3CCOC(C(O)C(=O)Nc4ccc(CNC(=O)O)cc4)C3=O)ccc2C1=O.